The number of phenols is 2. The standard InChI is InChI=1S/C25H33ClN2O6/c1-5-28(6-2)22(31)15-33-27-18-12-16(3)10-8-7-9-11-17(4)34-25(32)23-19(13-18)24(26)21(30)14-20(23)29/h7,9,12-14,17,27,29-30H,5-6,8,10-11,15H2,1-4H3/b9-7?,16-12?,18-13-/t17-/m1/s1. The van der Waals surface area contributed by atoms with Crippen molar-refractivity contribution in [2.24, 2.45) is 0 Å². The number of carbonyl (C=O) groups excluding carboxylic acids is 2. The van der Waals surface area contributed by atoms with Crippen molar-refractivity contribution < 1.29 is 29.4 Å². The van der Waals surface area contributed by atoms with Crippen molar-refractivity contribution in [1.82, 2.24) is 10.4 Å². The summed E-state index contributed by atoms with van der Waals surface area (Å²) in [5, 5.41) is 20.5. The molecule has 1 heterocycles. The maximum atomic E-state index is 12.9. The minimum absolute atomic E-state index is 0.0641. The number of amides is 1. The molecule has 9 heteroatoms. The van der Waals surface area contributed by atoms with E-state index in [1.807, 2.05) is 32.9 Å². The first-order chi connectivity index (χ1) is 16.2. The molecule has 0 saturated heterocycles. The number of likely N-dealkylation sites (N-methyl/N-ethyl adjacent to an activating group) is 1. The maximum Gasteiger partial charge on any atom is 0.342 e. The quantitative estimate of drug-likeness (QED) is 0.299. The highest BCUT2D eigenvalue weighted by molar-refractivity contribution is 6.34. The second kappa shape index (κ2) is 13.1. The van der Waals surface area contributed by atoms with Crippen LogP contribution in [-0.4, -0.2) is 52.8 Å². The van der Waals surface area contributed by atoms with E-state index < -0.39 is 23.6 Å². The number of ether oxygens (including phenoxy) is 1. The van der Waals surface area contributed by atoms with E-state index in [9.17, 15) is 19.8 Å². The SMILES string of the molecule is CCN(CC)C(=O)CON/C1=C\c2c(Cl)c(O)cc(O)c2C(=O)O[C@H](C)CC=CCCC(C)=C1. The Morgan fingerprint density at radius 3 is 2.62 bits per heavy atom. The second-order valence-electron chi connectivity index (χ2n) is 8.03. The van der Waals surface area contributed by atoms with E-state index in [0.29, 0.717) is 25.2 Å². The third-order valence-electron chi connectivity index (χ3n) is 5.32. The third-order valence-corrected chi connectivity index (χ3v) is 5.71. The number of esters is 1. The summed E-state index contributed by atoms with van der Waals surface area (Å²) in [5.41, 5.74) is 4.00. The number of aromatic hydroxyl groups is 2. The Morgan fingerprint density at radius 1 is 1.24 bits per heavy atom. The third kappa shape index (κ3) is 7.53. The highest BCUT2D eigenvalue weighted by atomic mass is 35.5. The minimum Gasteiger partial charge on any atom is -0.507 e. The predicted molar refractivity (Wildman–Crippen MR) is 131 cm³/mol. The van der Waals surface area contributed by atoms with Crippen LogP contribution in [0.3, 0.4) is 0 Å². The molecule has 1 aromatic rings. The number of nitrogens with zero attached hydrogens (tertiary/aromatic N) is 1. The largest absolute Gasteiger partial charge is 0.507 e. The van der Waals surface area contributed by atoms with Gasteiger partial charge in [0.25, 0.3) is 5.91 Å². The number of hydroxylamine groups is 1. The van der Waals surface area contributed by atoms with Crippen LogP contribution in [0.15, 0.2) is 35.6 Å². The summed E-state index contributed by atoms with van der Waals surface area (Å²) >= 11 is 6.33. The molecule has 0 fully saturated rings. The van der Waals surface area contributed by atoms with E-state index >= 15 is 0 Å². The van der Waals surface area contributed by atoms with Gasteiger partial charge >= 0.3 is 5.97 Å². The average Bonchev–Trinajstić information content (AvgIpc) is 2.77. The lowest BCUT2D eigenvalue weighted by Gasteiger charge is -2.19. The molecule has 1 atom stereocenters. The zero-order valence-electron chi connectivity index (χ0n) is 20.1. The summed E-state index contributed by atoms with van der Waals surface area (Å²) < 4.78 is 5.48. The van der Waals surface area contributed by atoms with Gasteiger partial charge in [0.2, 0.25) is 0 Å². The first kappa shape index (κ1) is 27.3. The lowest BCUT2D eigenvalue weighted by Crippen LogP contribution is -2.35. The molecule has 0 unspecified atom stereocenters. The van der Waals surface area contributed by atoms with Gasteiger partial charge in [0.15, 0.2) is 6.61 Å². The number of carbonyl (C=O) groups is 2. The number of benzene rings is 1. The number of fused-ring (bicyclic) bond motifs is 1. The molecule has 0 saturated carbocycles. The summed E-state index contributed by atoms with van der Waals surface area (Å²) in [6.07, 6.45) is 8.85. The van der Waals surface area contributed by atoms with E-state index in [4.69, 9.17) is 21.2 Å². The molecular weight excluding hydrogens is 460 g/mol. The topological polar surface area (TPSA) is 108 Å². The van der Waals surface area contributed by atoms with Gasteiger partial charge in [0.1, 0.15) is 23.2 Å². The summed E-state index contributed by atoms with van der Waals surface area (Å²) in [6.45, 7) is 8.38. The van der Waals surface area contributed by atoms with Gasteiger partial charge in [0, 0.05) is 31.1 Å². The number of rotatable bonds is 6. The van der Waals surface area contributed by atoms with Crippen LogP contribution in [0.2, 0.25) is 5.02 Å². The van der Waals surface area contributed by atoms with Crippen LogP contribution >= 0.6 is 11.6 Å². The molecule has 3 N–H and O–H groups in total. The monoisotopic (exact) mass is 492 g/mol. The van der Waals surface area contributed by atoms with Gasteiger partial charge in [-0.25, -0.2) is 4.79 Å². The molecule has 186 valence electrons. The molecule has 0 aromatic heterocycles. The molecule has 1 aromatic carbocycles. The molecule has 0 aliphatic carbocycles. The van der Waals surface area contributed by atoms with Gasteiger partial charge in [-0.3, -0.25) is 15.1 Å². The fourth-order valence-electron chi connectivity index (χ4n) is 3.45. The Bertz CT molecular complexity index is 982. The summed E-state index contributed by atoms with van der Waals surface area (Å²) in [5.74, 6) is -1.82. The first-order valence-electron chi connectivity index (χ1n) is 11.3. The smallest absolute Gasteiger partial charge is 0.342 e. The minimum atomic E-state index is -0.777. The number of allylic oxidation sites excluding steroid dienone is 3. The Morgan fingerprint density at radius 2 is 1.94 bits per heavy atom. The van der Waals surface area contributed by atoms with Crippen LogP contribution in [0.5, 0.6) is 11.5 Å². The molecule has 0 bridgehead atoms. The van der Waals surface area contributed by atoms with Crippen molar-refractivity contribution in [2.45, 2.75) is 53.1 Å². The zero-order valence-corrected chi connectivity index (χ0v) is 20.8. The Hall–Kier alpha value is -2.97. The van der Waals surface area contributed by atoms with E-state index in [1.54, 1.807) is 17.9 Å². The summed E-state index contributed by atoms with van der Waals surface area (Å²) in [4.78, 5) is 32.2. The molecule has 34 heavy (non-hydrogen) atoms. The molecule has 1 aliphatic heterocycles. The van der Waals surface area contributed by atoms with Crippen molar-refractivity contribution >= 4 is 29.6 Å². The van der Waals surface area contributed by atoms with Gasteiger partial charge in [-0.1, -0.05) is 29.3 Å². The molecule has 8 nitrogen and oxygen atoms in total. The summed E-state index contributed by atoms with van der Waals surface area (Å²) in [7, 11) is 0. The predicted octanol–water partition coefficient (Wildman–Crippen LogP) is 4.71. The summed E-state index contributed by atoms with van der Waals surface area (Å²) in [6, 6.07) is 0.997. The van der Waals surface area contributed by atoms with Gasteiger partial charge in [0.05, 0.1) is 10.7 Å². The van der Waals surface area contributed by atoms with Gasteiger partial charge in [-0.2, -0.15) is 0 Å². The molecule has 2 rings (SSSR count). The average molecular weight is 493 g/mol. The zero-order chi connectivity index (χ0) is 25.3. The van der Waals surface area contributed by atoms with Gasteiger partial charge in [-0.15, -0.1) is 0 Å². The fourth-order valence-corrected chi connectivity index (χ4v) is 3.65. The van der Waals surface area contributed by atoms with Gasteiger partial charge in [-0.05, 0) is 52.7 Å². The number of nitrogens with one attached hydrogen (secondary N) is 1. The lowest BCUT2D eigenvalue weighted by molar-refractivity contribution is -0.137. The van der Waals surface area contributed by atoms with Crippen LogP contribution in [0.4, 0.5) is 0 Å². The van der Waals surface area contributed by atoms with Crippen molar-refractivity contribution in [2.75, 3.05) is 19.7 Å². The van der Waals surface area contributed by atoms with Crippen LogP contribution in [0.25, 0.3) is 6.08 Å². The fraction of sp³-hybridized carbons (Fsp3) is 0.440. The van der Waals surface area contributed by atoms with E-state index in [-0.39, 0.29) is 28.7 Å². The Labute approximate surface area is 205 Å². The maximum absolute atomic E-state index is 12.9. The van der Waals surface area contributed by atoms with Crippen molar-refractivity contribution in [3.63, 3.8) is 0 Å². The molecule has 1 amide bonds. The molecule has 1 aliphatic rings. The van der Waals surface area contributed by atoms with E-state index in [0.717, 1.165) is 24.5 Å². The van der Waals surface area contributed by atoms with Crippen molar-refractivity contribution in [1.29, 1.82) is 0 Å². The highest BCUT2D eigenvalue weighted by Gasteiger charge is 2.24. The lowest BCUT2D eigenvalue weighted by atomic mass is 10.0. The number of phenolic OH excluding ortho intramolecular Hbond substituents is 2. The number of halogens is 1. The highest BCUT2D eigenvalue weighted by Crippen LogP contribution is 2.38. The van der Waals surface area contributed by atoms with Crippen LogP contribution in [-0.2, 0) is 14.4 Å². The van der Waals surface area contributed by atoms with E-state index in [1.165, 1.54) is 6.08 Å². The van der Waals surface area contributed by atoms with E-state index in [2.05, 4.69) is 5.48 Å². The molecule has 0 radical (unpaired) electrons. The van der Waals surface area contributed by atoms with Crippen molar-refractivity contribution in [3.05, 3.63) is 51.7 Å². The van der Waals surface area contributed by atoms with Crippen LogP contribution in [0.1, 0.15) is 62.9 Å². The van der Waals surface area contributed by atoms with Crippen LogP contribution < -0.4 is 5.48 Å². The molecular formula is C25H33ClN2O6. The van der Waals surface area contributed by atoms with Gasteiger partial charge < -0.3 is 19.8 Å². The second-order valence-corrected chi connectivity index (χ2v) is 8.40. The number of cyclic esters (lactones) is 1. The number of hydrogen-bond donors (Lipinski definition) is 3. The first-order valence-corrected chi connectivity index (χ1v) is 11.7. The van der Waals surface area contributed by atoms with Crippen LogP contribution in [0, 0.1) is 0 Å². The normalized spacial score (nSPS) is 18.6. The number of hydrogen-bond acceptors (Lipinski definition) is 7. The Kier molecular flexibility index (Phi) is 10.5. The Balaban J connectivity index is 2.50. The molecule has 0 spiro atoms. The van der Waals surface area contributed by atoms with Crippen molar-refractivity contribution in [3.8, 4) is 11.5 Å².